The largest absolute Gasteiger partial charge is 0.385 e. The summed E-state index contributed by atoms with van der Waals surface area (Å²) in [7, 11) is 1.69. The van der Waals surface area contributed by atoms with Gasteiger partial charge in [-0.15, -0.1) is 11.3 Å². The summed E-state index contributed by atoms with van der Waals surface area (Å²) in [6.45, 7) is 6.24. The molecule has 2 rings (SSSR count). The zero-order valence-electron chi connectivity index (χ0n) is 13.9. The van der Waals surface area contributed by atoms with Crippen LogP contribution in [0.4, 0.5) is 5.82 Å². The molecule has 1 amide bonds. The highest BCUT2D eigenvalue weighted by atomic mass is 32.1. The molecule has 0 saturated heterocycles. The van der Waals surface area contributed by atoms with E-state index in [1.54, 1.807) is 7.11 Å². The Labute approximate surface area is 140 Å². The molecule has 0 aromatic carbocycles. The van der Waals surface area contributed by atoms with E-state index in [0.29, 0.717) is 13.2 Å². The van der Waals surface area contributed by atoms with Crippen LogP contribution in [0.1, 0.15) is 41.4 Å². The molecule has 6 nitrogen and oxygen atoms in total. The van der Waals surface area contributed by atoms with E-state index < -0.39 is 0 Å². The molecule has 2 aromatic heterocycles. The van der Waals surface area contributed by atoms with Crippen LogP contribution >= 0.6 is 11.3 Å². The lowest BCUT2D eigenvalue weighted by molar-refractivity contribution is 0.0957. The Hall–Kier alpha value is -1.73. The second-order valence-corrected chi connectivity index (χ2v) is 6.34. The number of nitrogens with one attached hydrogen (secondary N) is 2. The van der Waals surface area contributed by atoms with Gasteiger partial charge in [-0.2, -0.15) is 0 Å². The molecule has 0 bridgehead atoms. The number of hydrogen-bond acceptors (Lipinski definition) is 6. The summed E-state index contributed by atoms with van der Waals surface area (Å²) in [6, 6.07) is 0. The van der Waals surface area contributed by atoms with Crippen molar-refractivity contribution in [1.82, 2.24) is 15.3 Å². The van der Waals surface area contributed by atoms with Crippen LogP contribution in [0.25, 0.3) is 10.2 Å². The third kappa shape index (κ3) is 4.39. The molecule has 0 aliphatic rings. The Bertz CT molecular complexity index is 657. The number of amides is 1. The Morgan fingerprint density at radius 3 is 2.87 bits per heavy atom. The van der Waals surface area contributed by atoms with Crippen molar-refractivity contribution >= 4 is 33.3 Å². The molecular weight excluding hydrogens is 312 g/mol. The summed E-state index contributed by atoms with van der Waals surface area (Å²) in [6.07, 6.45) is 4.49. The standard InChI is InChI=1S/C16H24N4O2S/c1-4-5-7-18-15(21)13-11(2)12-14(17-8-6-9-22-3)19-10-20-16(12)23-13/h10H,4-9H2,1-3H3,(H,18,21)(H,17,19,20). The highest BCUT2D eigenvalue weighted by Gasteiger charge is 2.18. The van der Waals surface area contributed by atoms with Gasteiger partial charge in [0.15, 0.2) is 0 Å². The first-order valence-corrected chi connectivity index (χ1v) is 8.75. The van der Waals surface area contributed by atoms with Crippen molar-refractivity contribution < 1.29 is 9.53 Å². The molecule has 0 fully saturated rings. The lowest BCUT2D eigenvalue weighted by atomic mass is 10.2. The molecular formula is C16H24N4O2S. The van der Waals surface area contributed by atoms with Crippen LogP contribution in [0.2, 0.25) is 0 Å². The number of aryl methyl sites for hydroxylation is 1. The maximum Gasteiger partial charge on any atom is 0.261 e. The summed E-state index contributed by atoms with van der Waals surface area (Å²) >= 11 is 1.42. The first-order valence-electron chi connectivity index (χ1n) is 7.94. The summed E-state index contributed by atoms with van der Waals surface area (Å²) in [5.74, 6) is 0.761. The van der Waals surface area contributed by atoms with Gasteiger partial charge < -0.3 is 15.4 Å². The molecule has 0 aliphatic carbocycles. The number of carbonyl (C=O) groups is 1. The van der Waals surface area contributed by atoms with Crippen molar-refractivity contribution in [2.24, 2.45) is 0 Å². The number of thiophene rings is 1. The van der Waals surface area contributed by atoms with Gasteiger partial charge in [0.1, 0.15) is 17.0 Å². The number of ether oxygens (including phenoxy) is 1. The van der Waals surface area contributed by atoms with Crippen LogP contribution in [0.5, 0.6) is 0 Å². The van der Waals surface area contributed by atoms with Crippen LogP contribution < -0.4 is 10.6 Å². The van der Waals surface area contributed by atoms with Crippen molar-refractivity contribution in [2.45, 2.75) is 33.1 Å². The van der Waals surface area contributed by atoms with Gasteiger partial charge >= 0.3 is 0 Å². The van der Waals surface area contributed by atoms with E-state index in [1.165, 1.54) is 17.7 Å². The summed E-state index contributed by atoms with van der Waals surface area (Å²) < 4.78 is 5.05. The fourth-order valence-electron chi connectivity index (χ4n) is 2.30. The molecule has 0 unspecified atom stereocenters. The molecule has 2 N–H and O–H groups in total. The summed E-state index contributed by atoms with van der Waals surface area (Å²) in [4.78, 5) is 22.5. The SMILES string of the molecule is CCCCNC(=O)c1sc2ncnc(NCCCOC)c2c1C. The van der Waals surface area contributed by atoms with Crippen molar-refractivity contribution in [3.8, 4) is 0 Å². The van der Waals surface area contributed by atoms with Crippen molar-refractivity contribution in [2.75, 3.05) is 32.1 Å². The Balaban J connectivity index is 2.18. The number of anilines is 1. The topological polar surface area (TPSA) is 76.1 Å². The van der Waals surface area contributed by atoms with Crippen molar-refractivity contribution in [1.29, 1.82) is 0 Å². The molecule has 0 radical (unpaired) electrons. The Kier molecular flexibility index (Phi) is 6.73. The molecule has 2 heterocycles. The van der Waals surface area contributed by atoms with E-state index >= 15 is 0 Å². The highest BCUT2D eigenvalue weighted by molar-refractivity contribution is 7.20. The Morgan fingerprint density at radius 2 is 2.13 bits per heavy atom. The summed E-state index contributed by atoms with van der Waals surface area (Å²) in [5.41, 5.74) is 0.939. The van der Waals surface area contributed by atoms with Crippen LogP contribution in [0, 0.1) is 6.92 Å². The smallest absolute Gasteiger partial charge is 0.261 e. The van der Waals surface area contributed by atoms with Gasteiger partial charge in [-0.05, 0) is 25.3 Å². The van der Waals surface area contributed by atoms with Crippen LogP contribution in [0.15, 0.2) is 6.33 Å². The molecule has 126 valence electrons. The molecule has 0 spiro atoms. The molecule has 0 atom stereocenters. The number of rotatable bonds is 9. The van der Waals surface area contributed by atoms with Gasteiger partial charge in [-0.1, -0.05) is 13.3 Å². The average Bonchev–Trinajstić information content (AvgIpc) is 2.90. The number of unbranched alkanes of at least 4 members (excludes halogenated alkanes) is 1. The normalized spacial score (nSPS) is 10.9. The number of aromatic nitrogens is 2. The first kappa shape index (κ1) is 17.6. The Morgan fingerprint density at radius 1 is 1.30 bits per heavy atom. The van der Waals surface area contributed by atoms with Gasteiger partial charge in [0, 0.05) is 26.8 Å². The van der Waals surface area contributed by atoms with Crippen molar-refractivity contribution in [3.05, 3.63) is 16.8 Å². The van der Waals surface area contributed by atoms with Gasteiger partial charge in [0.05, 0.1) is 10.3 Å². The average molecular weight is 336 g/mol. The monoisotopic (exact) mass is 336 g/mol. The van der Waals surface area contributed by atoms with Gasteiger partial charge in [0.25, 0.3) is 5.91 Å². The lowest BCUT2D eigenvalue weighted by Gasteiger charge is -2.07. The number of hydrogen-bond donors (Lipinski definition) is 2. The molecule has 0 saturated carbocycles. The number of methoxy groups -OCH3 is 1. The van der Waals surface area contributed by atoms with Crippen molar-refractivity contribution in [3.63, 3.8) is 0 Å². The lowest BCUT2D eigenvalue weighted by Crippen LogP contribution is -2.24. The quantitative estimate of drug-likeness (QED) is 0.689. The van der Waals surface area contributed by atoms with Gasteiger partial charge in [0.2, 0.25) is 0 Å². The third-order valence-electron chi connectivity index (χ3n) is 3.57. The van der Waals surface area contributed by atoms with E-state index in [1.807, 2.05) is 6.92 Å². The number of carbonyl (C=O) groups excluding carboxylic acids is 1. The second-order valence-electron chi connectivity index (χ2n) is 5.34. The predicted octanol–water partition coefficient (Wildman–Crippen LogP) is 2.98. The first-order chi connectivity index (χ1) is 11.2. The zero-order valence-corrected chi connectivity index (χ0v) is 14.8. The van der Waals surface area contributed by atoms with Gasteiger partial charge in [-0.3, -0.25) is 4.79 Å². The van der Waals surface area contributed by atoms with Crippen LogP contribution in [-0.2, 0) is 4.74 Å². The second kappa shape index (κ2) is 8.79. The zero-order chi connectivity index (χ0) is 16.7. The molecule has 7 heteroatoms. The van der Waals surface area contributed by atoms with E-state index in [-0.39, 0.29) is 5.91 Å². The van der Waals surface area contributed by atoms with E-state index in [9.17, 15) is 4.79 Å². The summed E-state index contributed by atoms with van der Waals surface area (Å²) in [5, 5.41) is 7.22. The predicted molar refractivity (Wildman–Crippen MR) is 94.4 cm³/mol. The number of fused-ring (bicyclic) bond motifs is 1. The minimum atomic E-state index is -0.0238. The van der Waals surface area contributed by atoms with E-state index in [2.05, 4.69) is 27.5 Å². The van der Waals surface area contributed by atoms with Crippen LogP contribution in [0.3, 0.4) is 0 Å². The third-order valence-corrected chi connectivity index (χ3v) is 4.77. The van der Waals surface area contributed by atoms with Crippen LogP contribution in [-0.4, -0.2) is 42.7 Å². The van der Waals surface area contributed by atoms with E-state index in [4.69, 9.17) is 4.74 Å². The minimum absolute atomic E-state index is 0.0238. The molecule has 0 aliphatic heterocycles. The minimum Gasteiger partial charge on any atom is -0.385 e. The number of nitrogens with zero attached hydrogens (tertiary/aromatic N) is 2. The molecule has 23 heavy (non-hydrogen) atoms. The fraction of sp³-hybridized carbons (Fsp3) is 0.562. The fourth-order valence-corrected chi connectivity index (χ4v) is 3.37. The highest BCUT2D eigenvalue weighted by Crippen LogP contribution is 2.33. The molecule has 2 aromatic rings. The maximum absolute atomic E-state index is 12.3. The maximum atomic E-state index is 12.3. The van der Waals surface area contributed by atoms with E-state index in [0.717, 1.165) is 52.3 Å². The van der Waals surface area contributed by atoms with Gasteiger partial charge in [-0.25, -0.2) is 9.97 Å².